The van der Waals surface area contributed by atoms with Gasteiger partial charge in [0.05, 0.1) is 17.7 Å². The fourth-order valence-electron chi connectivity index (χ4n) is 1.72. The van der Waals surface area contributed by atoms with Crippen molar-refractivity contribution in [2.45, 2.75) is 32.5 Å². The van der Waals surface area contributed by atoms with E-state index in [0.29, 0.717) is 6.42 Å². The lowest BCUT2D eigenvalue weighted by atomic mass is 10.1. The molecule has 2 aromatic rings. The smallest absolute Gasteiger partial charge is 0.120 e. The Hall–Kier alpha value is -1.39. The third-order valence-electron chi connectivity index (χ3n) is 2.49. The van der Waals surface area contributed by atoms with E-state index in [1.54, 1.807) is 23.0 Å². The summed E-state index contributed by atoms with van der Waals surface area (Å²) in [6, 6.07) is 7.62. The molecule has 1 unspecified atom stereocenters. The zero-order valence-corrected chi connectivity index (χ0v) is 11.4. The van der Waals surface area contributed by atoms with Crippen molar-refractivity contribution in [1.29, 1.82) is 0 Å². The van der Waals surface area contributed by atoms with E-state index in [2.05, 4.69) is 4.98 Å². The van der Waals surface area contributed by atoms with Crippen LogP contribution >= 0.6 is 11.3 Å². The molecule has 1 heterocycles. The van der Waals surface area contributed by atoms with Gasteiger partial charge in [-0.2, -0.15) is 0 Å². The second-order valence-electron chi connectivity index (χ2n) is 4.43. The van der Waals surface area contributed by atoms with Gasteiger partial charge in [-0.1, -0.05) is 12.1 Å². The van der Waals surface area contributed by atoms with Crippen LogP contribution in [0.2, 0.25) is 0 Å². The zero-order chi connectivity index (χ0) is 13.0. The maximum absolute atomic E-state index is 10.2. The molecule has 0 spiro atoms. The first kappa shape index (κ1) is 13.1. The van der Waals surface area contributed by atoms with Crippen molar-refractivity contribution in [3.63, 3.8) is 0 Å². The maximum atomic E-state index is 10.2. The largest absolute Gasteiger partial charge is 0.491 e. The summed E-state index contributed by atoms with van der Waals surface area (Å²) in [6.45, 7) is 3.97. The van der Waals surface area contributed by atoms with Crippen LogP contribution in [0.3, 0.4) is 0 Å². The number of aliphatic hydroxyl groups is 1. The molecule has 96 valence electrons. The SMILES string of the molecule is CC(C)Oc1cccc(C(O)Cc2cncs2)c1. The van der Waals surface area contributed by atoms with Crippen LogP contribution in [0.25, 0.3) is 0 Å². The Bertz CT molecular complexity index is 482. The average molecular weight is 263 g/mol. The first-order valence-electron chi connectivity index (χ1n) is 5.97. The number of hydrogen-bond acceptors (Lipinski definition) is 4. The Kier molecular flexibility index (Phi) is 4.33. The van der Waals surface area contributed by atoms with Crippen LogP contribution in [0, 0.1) is 0 Å². The predicted molar refractivity (Wildman–Crippen MR) is 73.0 cm³/mol. The van der Waals surface area contributed by atoms with E-state index in [0.717, 1.165) is 16.2 Å². The first-order chi connectivity index (χ1) is 8.65. The third kappa shape index (κ3) is 3.55. The van der Waals surface area contributed by atoms with Crippen molar-refractivity contribution in [3.05, 3.63) is 46.4 Å². The summed E-state index contributed by atoms with van der Waals surface area (Å²) in [5.74, 6) is 0.797. The van der Waals surface area contributed by atoms with Crippen LogP contribution in [0.5, 0.6) is 5.75 Å². The topological polar surface area (TPSA) is 42.4 Å². The van der Waals surface area contributed by atoms with E-state index in [4.69, 9.17) is 4.74 Å². The molecule has 2 rings (SSSR count). The molecule has 0 saturated heterocycles. The molecule has 0 amide bonds. The van der Waals surface area contributed by atoms with Crippen molar-refractivity contribution in [2.75, 3.05) is 0 Å². The monoisotopic (exact) mass is 263 g/mol. The fraction of sp³-hybridized carbons (Fsp3) is 0.357. The summed E-state index contributed by atoms with van der Waals surface area (Å²) in [5.41, 5.74) is 2.65. The number of ether oxygens (including phenoxy) is 1. The fourth-order valence-corrected chi connectivity index (χ4v) is 2.35. The quantitative estimate of drug-likeness (QED) is 0.900. The van der Waals surface area contributed by atoms with Gasteiger partial charge in [0, 0.05) is 17.5 Å². The van der Waals surface area contributed by atoms with Gasteiger partial charge < -0.3 is 9.84 Å². The van der Waals surface area contributed by atoms with Crippen molar-refractivity contribution in [3.8, 4) is 5.75 Å². The van der Waals surface area contributed by atoms with Crippen LogP contribution in [0.4, 0.5) is 0 Å². The molecular formula is C14H17NO2S. The minimum atomic E-state index is -0.513. The van der Waals surface area contributed by atoms with E-state index in [9.17, 15) is 5.11 Å². The second-order valence-corrected chi connectivity index (χ2v) is 5.40. The minimum Gasteiger partial charge on any atom is -0.491 e. The molecule has 18 heavy (non-hydrogen) atoms. The molecular weight excluding hydrogens is 246 g/mol. The van der Waals surface area contributed by atoms with Gasteiger partial charge >= 0.3 is 0 Å². The number of nitrogens with zero attached hydrogens (tertiary/aromatic N) is 1. The van der Waals surface area contributed by atoms with Crippen molar-refractivity contribution in [1.82, 2.24) is 4.98 Å². The number of benzene rings is 1. The maximum Gasteiger partial charge on any atom is 0.120 e. The van der Waals surface area contributed by atoms with Gasteiger partial charge in [-0.25, -0.2) is 0 Å². The lowest BCUT2D eigenvalue weighted by Gasteiger charge is -2.13. The summed E-state index contributed by atoms with van der Waals surface area (Å²) in [4.78, 5) is 5.09. The molecule has 1 aromatic carbocycles. The molecule has 1 atom stereocenters. The van der Waals surface area contributed by atoms with Crippen LogP contribution < -0.4 is 4.74 Å². The highest BCUT2D eigenvalue weighted by Gasteiger charge is 2.10. The van der Waals surface area contributed by atoms with E-state index in [1.165, 1.54) is 0 Å². The number of hydrogen-bond donors (Lipinski definition) is 1. The molecule has 0 saturated carbocycles. The molecule has 4 heteroatoms. The van der Waals surface area contributed by atoms with Crippen LogP contribution in [-0.4, -0.2) is 16.2 Å². The number of rotatable bonds is 5. The van der Waals surface area contributed by atoms with Gasteiger partial charge in [0.25, 0.3) is 0 Å². The molecule has 0 radical (unpaired) electrons. The molecule has 3 nitrogen and oxygen atoms in total. The van der Waals surface area contributed by atoms with Gasteiger partial charge in [-0.3, -0.25) is 4.98 Å². The summed E-state index contributed by atoms with van der Waals surface area (Å²) in [7, 11) is 0. The summed E-state index contributed by atoms with van der Waals surface area (Å²) in [5, 5.41) is 10.2. The Labute approximate surface area is 111 Å². The highest BCUT2D eigenvalue weighted by Crippen LogP contribution is 2.24. The lowest BCUT2D eigenvalue weighted by molar-refractivity contribution is 0.178. The van der Waals surface area contributed by atoms with Gasteiger partial charge in [-0.05, 0) is 31.5 Å². The molecule has 1 N–H and O–H groups in total. The first-order valence-corrected chi connectivity index (χ1v) is 6.85. The van der Waals surface area contributed by atoms with E-state index in [-0.39, 0.29) is 6.10 Å². The molecule has 0 aliphatic rings. The number of thiazole rings is 1. The number of aliphatic hydroxyl groups excluding tert-OH is 1. The van der Waals surface area contributed by atoms with E-state index < -0.39 is 6.10 Å². The molecule has 0 fully saturated rings. The predicted octanol–water partition coefficient (Wildman–Crippen LogP) is 3.21. The minimum absolute atomic E-state index is 0.138. The van der Waals surface area contributed by atoms with Gasteiger partial charge in [0.2, 0.25) is 0 Å². The van der Waals surface area contributed by atoms with Crippen LogP contribution in [0.1, 0.15) is 30.4 Å². The molecule has 0 aliphatic heterocycles. The third-order valence-corrected chi connectivity index (χ3v) is 3.29. The highest BCUT2D eigenvalue weighted by molar-refractivity contribution is 7.09. The molecule has 1 aromatic heterocycles. The Balaban J connectivity index is 2.07. The van der Waals surface area contributed by atoms with Gasteiger partial charge in [0.1, 0.15) is 5.75 Å². The Morgan fingerprint density at radius 2 is 2.22 bits per heavy atom. The number of aromatic nitrogens is 1. The summed E-state index contributed by atoms with van der Waals surface area (Å²) >= 11 is 1.56. The van der Waals surface area contributed by atoms with Crippen LogP contribution in [0.15, 0.2) is 36.0 Å². The average Bonchev–Trinajstić information content (AvgIpc) is 2.81. The zero-order valence-electron chi connectivity index (χ0n) is 10.5. The van der Waals surface area contributed by atoms with Crippen molar-refractivity contribution < 1.29 is 9.84 Å². The van der Waals surface area contributed by atoms with Gasteiger partial charge in [-0.15, -0.1) is 11.3 Å². The molecule has 0 aliphatic carbocycles. The van der Waals surface area contributed by atoms with Crippen molar-refractivity contribution >= 4 is 11.3 Å². The normalized spacial score (nSPS) is 12.7. The lowest BCUT2D eigenvalue weighted by Crippen LogP contribution is -2.06. The molecule has 0 bridgehead atoms. The highest BCUT2D eigenvalue weighted by atomic mass is 32.1. The van der Waals surface area contributed by atoms with Crippen molar-refractivity contribution in [2.24, 2.45) is 0 Å². The van der Waals surface area contributed by atoms with Gasteiger partial charge in [0.15, 0.2) is 0 Å². The Morgan fingerprint density at radius 3 is 2.89 bits per heavy atom. The van der Waals surface area contributed by atoms with E-state index in [1.807, 2.05) is 38.1 Å². The van der Waals surface area contributed by atoms with Crippen LogP contribution in [-0.2, 0) is 6.42 Å². The summed E-state index contributed by atoms with van der Waals surface area (Å²) < 4.78 is 5.62. The standard InChI is InChI=1S/C14H17NO2S/c1-10(2)17-12-5-3-4-11(6-12)14(16)7-13-8-15-9-18-13/h3-6,8-10,14,16H,7H2,1-2H3. The summed E-state index contributed by atoms with van der Waals surface area (Å²) in [6.07, 6.45) is 2.01. The second kappa shape index (κ2) is 5.98. The Morgan fingerprint density at radius 1 is 1.39 bits per heavy atom. The van der Waals surface area contributed by atoms with E-state index >= 15 is 0 Å².